The average molecular weight is 307 g/mol. The summed E-state index contributed by atoms with van der Waals surface area (Å²) in [5.74, 6) is 1.79. The molecular formula is C21H38O. The molecule has 2 fully saturated rings. The fourth-order valence-corrected chi connectivity index (χ4v) is 4.96. The minimum Gasteiger partial charge on any atom is -0.299 e. The molecule has 128 valence electrons. The maximum atomic E-state index is 12.5. The van der Waals surface area contributed by atoms with Gasteiger partial charge in [0, 0.05) is 11.3 Å². The molecule has 2 aliphatic carbocycles. The second-order valence-corrected chi connectivity index (χ2v) is 10.6. The first kappa shape index (κ1) is 18.0. The minimum atomic E-state index is -0.153. The molecule has 0 amide bonds. The summed E-state index contributed by atoms with van der Waals surface area (Å²) in [6, 6.07) is 0. The largest absolute Gasteiger partial charge is 0.299 e. The van der Waals surface area contributed by atoms with E-state index in [1.165, 1.54) is 44.9 Å². The zero-order chi connectivity index (χ0) is 16.6. The number of rotatable bonds is 2. The predicted octanol–water partition coefficient (Wildman–Crippen LogP) is 6.40. The van der Waals surface area contributed by atoms with E-state index in [1.54, 1.807) is 0 Å². The lowest BCUT2D eigenvalue weighted by molar-refractivity contribution is -0.132. The van der Waals surface area contributed by atoms with Gasteiger partial charge < -0.3 is 0 Å². The number of Topliss-reactive ketones (excluding diaryl/α,β-unsaturated/α-hetero) is 1. The van der Waals surface area contributed by atoms with Crippen molar-refractivity contribution in [3.8, 4) is 0 Å². The summed E-state index contributed by atoms with van der Waals surface area (Å²) in [5.41, 5.74) is 0.925. The van der Waals surface area contributed by atoms with Crippen LogP contribution in [0.3, 0.4) is 0 Å². The van der Waals surface area contributed by atoms with Crippen LogP contribution < -0.4 is 0 Å². The smallest absolute Gasteiger partial charge is 0.141 e. The van der Waals surface area contributed by atoms with Gasteiger partial charge in [0.25, 0.3) is 0 Å². The maximum absolute atomic E-state index is 12.5. The van der Waals surface area contributed by atoms with Gasteiger partial charge >= 0.3 is 0 Å². The summed E-state index contributed by atoms with van der Waals surface area (Å²) in [6.07, 6.45) is 12.0. The van der Waals surface area contributed by atoms with Gasteiger partial charge in [0.05, 0.1) is 0 Å². The predicted molar refractivity (Wildman–Crippen MR) is 94.9 cm³/mol. The molecule has 0 N–H and O–H groups in total. The molecule has 1 nitrogen and oxygen atoms in total. The first-order valence-corrected chi connectivity index (χ1v) is 9.55. The molecule has 0 heterocycles. The lowest BCUT2D eigenvalue weighted by Gasteiger charge is -2.46. The van der Waals surface area contributed by atoms with Crippen LogP contribution in [0.1, 0.15) is 99.3 Å². The quantitative estimate of drug-likeness (QED) is 0.576. The van der Waals surface area contributed by atoms with Crippen molar-refractivity contribution in [3.05, 3.63) is 0 Å². The second-order valence-electron chi connectivity index (χ2n) is 10.6. The Hall–Kier alpha value is -0.330. The van der Waals surface area contributed by atoms with Crippen molar-refractivity contribution in [2.24, 2.45) is 28.1 Å². The summed E-state index contributed by atoms with van der Waals surface area (Å²) in [5, 5.41) is 0. The molecule has 0 radical (unpaired) electrons. The molecule has 0 aromatic rings. The summed E-state index contributed by atoms with van der Waals surface area (Å²) in [6.45, 7) is 13.4. The van der Waals surface area contributed by atoms with Gasteiger partial charge in [-0.05, 0) is 74.5 Å². The van der Waals surface area contributed by atoms with Gasteiger partial charge in [-0.25, -0.2) is 0 Å². The van der Waals surface area contributed by atoms with Gasteiger partial charge in [0.1, 0.15) is 5.78 Å². The van der Waals surface area contributed by atoms with E-state index in [2.05, 4.69) is 41.5 Å². The average Bonchev–Trinajstić information content (AvgIpc) is 2.39. The van der Waals surface area contributed by atoms with Crippen molar-refractivity contribution < 1.29 is 4.79 Å². The van der Waals surface area contributed by atoms with Crippen LogP contribution in [0.2, 0.25) is 0 Å². The molecule has 2 aliphatic rings. The fourth-order valence-electron chi connectivity index (χ4n) is 4.96. The van der Waals surface area contributed by atoms with Crippen LogP contribution in [0.5, 0.6) is 0 Å². The maximum Gasteiger partial charge on any atom is 0.141 e. The van der Waals surface area contributed by atoms with Crippen molar-refractivity contribution in [2.75, 3.05) is 0 Å². The van der Waals surface area contributed by atoms with Crippen LogP contribution in [0.15, 0.2) is 0 Å². The first-order valence-electron chi connectivity index (χ1n) is 9.55. The van der Waals surface area contributed by atoms with E-state index >= 15 is 0 Å². The highest BCUT2D eigenvalue weighted by Crippen LogP contribution is 2.52. The van der Waals surface area contributed by atoms with Gasteiger partial charge in [0.15, 0.2) is 0 Å². The number of ketones is 1. The van der Waals surface area contributed by atoms with Crippen LogP contribution >= 0.6 is 0 Å². The second kappa shape index (κ2) is 6.29. The molecule has 0 atom stereocenters. The van der Waals surface area contributed by atoms with Crippen LogP contribution in [-0.2, 0) is 4.79 Å². The third-order valence-electron chi connectivity index (χ3n) is 6.22. The van der Waals surface area contributed by atoms with E-state index in [9.17, 15) is 4.79 Å². The van der Waals surface area contributed by atoms with Crippen molar-refractivity contribution >= 4 is 5.78 Å². The van der Waals surface area contributed by atoms with Gasteiger partial charge in [-0.3, -0.25) is 4.79 Å². The van der Waals surface area contributed by atoms with Crippen LogP contribution in [0.4, 0.5) is 0 Å². The van der Waals surface area contributed by atoms with Crippen molar-refractivity contribution in [3.63, 3.8) is 0 Å². The molecule has 0 aliphatic heterocycles. The molecular weight excluding hydrogens is 268 g/mol. The number of carbonyl (C=O) groups is 1. The Labute approximate surface area is 138 Å². The van der Waals surface area contributed by atoms with Crippen LogP contribution in [0, 0.1) is 28.1 Å². The molecule has 2 rings (SSSR count). The summed E-state index contributed by atoms with van der Waals surface area (Å²) in [7, 11) is 0. The van der Waals surface area contributed by atoms with E-state index in [0.717, 1.165) is 18.8 Å². The third-order valence-corrected chi connectivity index (χ3v) is 6.22. The number of hydrogen-bond acceptors (Lipinski definition) is 1. The highest BCUT2D eigenvalue weighted by atomic mass is 16.1. The van der Waals surface area contributed by atoms with Gasteiger partial charge in [-0.1, -0.05) is 41.5 Å². The topological polar surface area (TPSA) is 17.1 Å². The monoisotopic (exact) mass is 306 g/mol. The van der Waals surface area contributed by atoms with Crippen LogP contribution in [-0.4, -0.2) is 5.78 Å². The summed E-state index contributed by atoms with van der Waals surface area (Å²) >= 11 is 0. The fraction of sp³-hybridized carbons (Fsp3) is 0.952. The number of carbonyl (C=O) groups excluding carboxylic acids is 1. The Morgan fingerprint density at radius 3 is 1.73 bits per heavy atom. The van der Waals surface area contributed by atoms with Crippen LogP contribution in [0.25, 0.3) is 0 Å². The summed E-state index contributed by atoms with van der Waals surface area (Å²) < 4.78 is 0. The standard InChI is InChI=1S/C21H38O/c1-19(2,3)15-16-7-11-21(12-8-16)13-9-17(10-14-21)18(22)20(4,5)6/h16-17H,7-15H2,1-6H3. The number of hydrogen-bond donors (Lipinski definition) is 0. The Kier molecular flexibility index (Phi) is 5.15. The van der Waals surface area contributed by atoms with E-state index < -0.39 is 0 Å². The van der Waals surface area contributed by atoms with Gasteiger partial charge in [-0.2, -0.15) is 0 Å². The molecule has 2 saturated carbocycles. The Bertz CT molecular complexity index is 375. The Morgan fingerprint density at radius 1 is 0.864 bits per heavy atom. The molecule has 0 aromatic heterocycles. The molecule has 0 aromatic carbocycles. The zero-order valence-electron chi connectivity index (χ0n) is 15.9. The van der Waals surface area contributed by atoms with E-state index in [-0.39, 0.29) is 5.41 Å². The highest BCUT2D eigenvalue weighted by molar-refractivity contribution is 5.86. The van der Waals surface area contributed by atoms with E-state index in [1.807, 2.05) is 0 Å². The highest BCUT2D eigenvalue weighted by Gasteiger charge is 2.41. The van der Waals surface area contributed by atoms with Crippen molar-refractivity contribution in [1.82, 2.24) is 0 Å². The minimum absolute atomic E-state index is 0.153. The SMILES string of the molecule is CC(C)(C)CC1CCC2(CC1)CCC(C(=O)C(C)(C)C)CC2. The molecule has 0 unspecified atom stereocenters. The normalized spacial score (nSPS) is 33.9. The first-order chi connectivity index (χ1) is 10.0. The van der Waals surface area contributed by atoms with E-state index in [0.29, 0.717) is 22.5 Å². The van der Waals surface area contributed by atoms with E-state index in [4.69, 9.17) is 0 Å². The van der Waals surface area contributed by atoms with Gasteiger partial charge in [-0.15, -0.1) is 0 Å². The molecule has 1 spiro atoms. The molecule has 0 saturated heterocycles. The van der Waals surface area contributed by atoms with Crippen molar-refractivity contribution in [1.29, 1.82) is 0 Å². The summed E-state index contributed by atoms with van der Waals surface area (Å²) in [4.78, 5) is 12.5. The molecule has 22 heavy (non-hydrogen) atoms. The lowest BCUT2D eigenvalue weighted by atomic mass is 9.59. The lowest BCUT2D eigenvalue weighted by Crippen LogP contribution is -2.37. The zero-order valence-corrected chi connectivity index (χ0v) is 15.9. The molecule has 1 heteroatoms. The Balaban J connectivity index is 1.84. The Morgan fingerprint density at radius 2 is 1.32 bits per heavy atom. The van der Waals surface area contributed by atoms with Gasteiger partial charge in [0.2, 0.25) is 0 Å². The third kappa shape index (κ3) is 4.59. The van der Waals surface area contributed by atoms with Crippen molar-refractivity contribution in [2.45, 2.75) is 99.3 Å². The molecule has 0 bridgehead atoms.